The first-order chi connectivity index (χ1) is 16.2. The van der Waals surface area contributed by atoms with Crippen LogP contribution in [0.3, 0.4) is 0 Å². The quantitative estimate of drug-likeness (QED) is 0.532. The Morgan fingerprint density at radius 3 is 2.50 bits per heavy atom. The number of carbonyl (C=O) groups excluding carboxylic acids is 1. The second kappa shape index (κ2) is 7.23. The summed E-state index contributed by atoms with van der Waals surface area (Å²) in [6.07, 6.45) is 3.06. The van der Waals surface area contributed by atoms with Crippen molar-refractivity contribution in [2.45, 2.75) is 74.3 Å². The lowest BCUT2D eigenvalue weighted by Gasteiger charge is -2.65. The summed E-state index contributed by atoms with van der Waals surface area (Å²) in [7, 11) is 6.67. The summed E-state index contributed by atoms with van der Waals surface area (Å²) in [6.45, 7) is 1.58. The fourth-order valence-corrected chi connectivity index (χ4v) is 10.2. The number of methoxy groups -OCH3 is 4. The third-order valence-electron chi connectivity index (χ3n) is 11.0. The van der Waals surface area contributed by atoms with E-state index in [0.717, 1.165) is 12.8 Å². The van der Waals surface area contributed by atoms with Crippen molar-refractivity contribution in [3.63, 3.8) is 0 Å². The van der Waals surface area contributed by atoms with Gasteiger partial charge in [-0.15, -0.1) is 0 Å². The molecule has 9 nitrogen and oxygen atoms in total. The Kier molecular flexibility index (Phi) is 4.96. The van der Waals surface area contributed by atoms with E-state index in [-0.39, 0.29) is 54.6 Å². The maximum atomic E-state index is 12.8. The first-order valence-electron chi connectivity index (χ1n) is 12.4. The van der Waals surface area contributed by atoms with Gasteiger partial charge in [0.1, 0.15) is 17.8 Å². The average molecular weight is 480 g/mol. The molecule has 190 valence electrons. The molecule has 0 radical (unpaired) electrons. The smallest absolute Gasteiger partial charge is 0.302 e. The summed E-state index contributed by atoms with van der Waals surface area (Å²) in [5.74, 6) is -0.779. The van der Waals surface area contributed by atoms with Crippen LogP contribution < -0.4 is 0 Å². The Labute approximate surface area is 200 Å². The van der Waals surface area contributed by atoms with E-state index in [0.29, 0.717) is 12.8 Å². The first kappa shape index (κ1) is 23.3. The highest BCUT2D eigenvalue weighted by atomic mass is 16.5. The molecule has 5 aliphatic carbocycles. The average Bonchev–Trinajstić information content (AvgIpc) is 3.22. The van der Waals surface area contributed by atoms with Crippen molar-refractivity contribution in [3.05, 3.63) is 0 Å². The molecule has 6 rings (SSSR count). The molecule has 2 N–H and O–H groups in total. The van der Waals surface area contributed by atoms with Crippen LogP contribution in [0.5, 0.6) is 0 Å². The molecule has 1 spiro atoms. The van der Waals surface area contributed by atoms with Crippen LogP contribution >= 0.6 is 0 Å². The number of hydrogen-bond donors (Lipinski definition) is 2. The van der Waals surface area contributed by atoms with E-state index >= 15 is 0 Å². The summed E-state index contributed by atoms with van der Waals surface area (Å²) in [5, 5.41) is 25.3. The third kappa shape index (κ3) is 2.25. The number of rotatable bonds is 6. The molecule has 0 aromatic carbocycles. The summed E-state index contributed by atoms with van der Waals surface area (Å²) >= 11 is 0. The van der Waals surface area contributed by atoms with Gasteiger partial charge < -0.3 is 33.9 Å². The van der Waals surface area contributed by atoms with Crippen LogP contribution in [-0.4, -0.2) is 99.1 Å². The molecule has 0 aromatic rings. The Balaban J connectivity index is 1.62. The lowest BCUT2D eigenvalue weighted by Crippen LogP contribution is -2.77. The fraction of sp³-hybridized carbons (Fsp3) is 0.920. The number of ether oxygens (including phenoxy) is 5. The minimum atomic E-state index is -1.66. The Bertz CT molecular complexity index is 913. The third-order valence-corrected chi connectivity index (χ3v) is 11.0. The summed E-state index contributed by atoms with van der Waals surface area (Å²) in [4.78, 5) is 16.9. The SMILES string of the molecule is CO[C@H]1[C@@H]2C[C@@H]3[C@H]1[C@](O)(C[C@@H]2OC)[C@]1(O)[C@@H](OC)[C@@H]2[C@]4(COC(C)=O)C=N[C@H]1[C@]32[C@@H](OC)CC4. The maximum absolute atomic E-state index is 12.8. The number of aliphatic imine (C=N–C) groups is 1. The summed E-state index contributed by atoms with van der Waals surface area (Å²) in [6, 6.07) is -0.594. The first-order valence-corrected chi connectivity index (χ1v) is 12.4. The van der Waals surface area contributed by atoms with E-state index in [4.69, 9.17) is 28.7 Å². The number of fused-ring (bicyclic) bond motifs is 2. The molecular weight excluding hydrogens is 442 g/mol. The Hall–Kier alpha value is -1.10. The predicted molar refractivity (Wildman–Crippen MR) is 119 cm³/mol. The van der Waals surface area contributed by atoms with Crippen molar-refractivity contribution in [1.29, 1.82) is 0 Å². The second-order valence-electron chi connectivity index (χ2n) is 11.6. The molecule has 0 saturated heterocycles. The van der Waals surface area contributed by atoms with E-state index < -0.39 is 34.2 Å². The largest absolute Gasteiger partial charge is 0.465 e. The minimum Gasteiger partial charge on any atom is -0.465 e. The number of esters is 1. The van der Waals surface area contributed by atoms with E-state index in [2.05, 4.69) is 0 Å². The van der Waals surface area contributed by atoms with Crippen molar-refractivity contribution in [3.8, 4) is 0 Å². The van der Waals surface area contributed by atoms with Gasteiger partial charge in [0.2, 0.25) is 0 Å². The summed E-state index contributed by atoms with van der Waals surface area (Å²) < 4.78 is 29.9. The van der Waals surface area contributed by atoms with E-state index in [1.54, 1.807) is 28.4 Å². The van der Waals surface area contributed by atoms with Crippen LogP contribution in [-0.2, 0) is 28.5 Å². The van der Waals surface area contributed by atoms with Gasteiger partial charge in [0.25, 0.3) is 0 Å². The van der Waals surface area contributed by atoms with Gasteiger partial charge in [0.15, 0.2) is 0 Å². The molecule has 13 atom stereocenters. The van der Waals surface area contributed by atoms with E-state index in [1.165, 1.54) is 6.92 Å². The van der Waals surface area contributed by atoms with Gasteiger partial charge in [0.05, 0.1) is 30.5 Å². The molecule has 0 aromatic heterocycles. The van der Waals surface area contributed by atoms with Gasteiger partial charge in [-0.1, -0.05) is 0 Å². The normalized spacial score (nSPS) is 58.1. The molecule has 1 heterocycles. The zero-order chi connectivity index (χ0) is 24.3. The van der Waals surface area contributed by atoms with Gasteiger partial charge in [-0.3, -0.25) is 9.79 Å². The number of hydrogen-bond acceptors (Lipinski definition) is 9. The molecule has 0 unspecified atom stereocenters. The van der Waals surface area contributed by atoms with Crippen LogP contribution in [0.15, 0.2) is 4.99 Å². The zero-order valence-corrected chi connectivity index (χ0v) is 20.6. The standard InChI is InChI=1S/C25H37NO8/c1-12(27)34-11-22-7-6-16(31-3)24-14-8-13-15(30-2)9-23(28,17(14)18(13)32-4)25(29,21(24)26-10-22)20(33-5)19(22)24/h10,13-21,28-29H,6-9,11H2,1-5H3/t13-,14-,15+,16+,17-,18+,19-,20+,21+,22+,23-,24+,25+/m1/s1. The zero-order valence-electron chi connectivity index (χ0n) is 20.6. The molecule has 6 aliphatic rings. The van der Waals surface area contributed by atoms with Gasteiger partial charge in [0, 0.05) is 76.6 Å². The lowest BCUT2D eigenvalue weighted by atomic mass is 9.44. The van der Waals surface area contributed by atoms with Gasteiger partial charge in [-0.25, -0.2) is 0 Å². The highest BCUT2D eigenvalue weighted by molar-refractivity contribution is 5.73. The molecule has 34 heavy (non-hydrogen) atoms. The topological polar surface area (TPSA) is 116 Å². The van der Waals surface area contributed by atoms with Crippen LogP contribution in [0.4, 0.5) is 0 Å². The molecule has 9 heteroatoms. The van der Waals surface area contributed by atoms with Crippen LogP contribution in [0.2, 0.25) is 0 Å². The minimum absolute atomic E-state index is 0.0116. The highest BCUT2D eigenvalue weighted by Gasteiger charge is 2.90. The molecule has 5 saturated carbocycles. The highest BCUT2D eigenvalue weighted by Crippen LogP contribution is 2.79. The second-order valence-corrected chi connectivity index (χ2v) is 11.6. The maximum Gasteiger partial charge on any atom is 0.302 e. The molecule has 1 aliphatic heterocycles. The molecule has 7 bridgehead atoms. The van der Waals surface area contributed by atoms with Crippen molar-refractivity contribution in [2.24, 2.45) is 39.5 Å². The number of aliphatic hydroxyl groups is 2. The lowest BCUT2D eigenvalue weighted by molar-refractivity contribution is -0.293. The van der Waals surface area contributed by atoms with Gasteiger partial charge in [-0.05, 0) is 25.2 Å². The van der Waals surface area contributed by atoms with Crippen molar-refractivity contribution >= 4 is 12.2 Å². The van der Waals surface area contributed by atoms with E-state index in [9.17, 15) is 15.0 Å². The number of nitrogens with zero attached hydrogens (tertiary/aromatic N) is 1. The van der Waals surface area contributed by atoms with Crippen LogP contribution in [0.25, 0.3) is 0 Å². The van der Waals surface area contributed by atoms with Crippen molar-refractivity contribution in [2.75, 3.05) is 35.0 Å². The molecular formula is C25H37NO8. The predicted octanol–water partition coefficient (Wildman–Crippen LogP) is 0.591. The Morgan fingerprint density at radius 1 is 1.12 bits per heavy atom. The van der Waals surface area contributed by atoms with E-state index in [1.807, 2.05) is 6.21 Å². The monoisotopic (exact) mass is 479 g/mol. The van der Waals surface area contributed by atoms with Gasteiger partial charge >= 0.3 is 5.97 Å². The fourth-order valence-electron chi connectivity index (χ4n) is 10.2. The van der Waals surface area contributed by atoms with Crippen molar-refractivity contribution in [1.82, 2.24) is 0 Å². The van der Waals surface area contributed by atoms with Gasteiger partial charge in [-0.2, -0.15) is 0 Å². The van der Waals surface area contributed by atoms with Crippen LogP contribution in [0.1, 0.15) is 32.6 Å². The van der Waals surface area contributed by atoms with Crippen molar-refractivity contribution < 1.29 is 38.7 Å². The summed E-state index contributed by atoms with van der Waals surface area (Å²) in [5.41, 5.74) is -4.35. The molecule has 0 amide bonds. The number of carbonyl (C=O) groups is 1. The van der Waals surface area contributed by atoms with Crippen LogP contribution in [0, 0.1) is 34.5 Å². The Morgan fingerprint density at radius 2 is 1.88 bits per heavy atom. The molecule has 5 fully saturated rings.